The Kier molecular flexibility index (Phi) is 5.00. The van der Waals surface area contributed by atoms with Crippen LogP contribution in [0.15, 0.2) is 23.4 Å². The van der Waals surface area contributed by atoms with E-state index in [1.807, 2.05) is 16.8 Å². The first-order valence-corrected chi connectivity index (χ1v) is 8.40. The fourth-order valence-corrected chi connectivity index (χ4v) is 3.72. The third kappa shape index (κ3) is 3.69. The van der Waals surface area contributed by atoms with Gasteiger partial charge in [0.2, 0.25) is 5.16 Å². The zero-order valence-corrected chi connectivity index (χ0v) is 13.5. The second-order valence-corrected chi connectivity index (χ2v) is 6.56. The van der Waals surface area contributed by atoms with Gasteiger partial charge >= 0.3 is 0 Å². The topological polar surface area (TPSA) is 52.8 Å². The van der Waals surface area contributed by atoms with E-state index in [4.69, 9.17) is 27.9 Å². The molecule has 0 unspecified atom stereocenters. The number of halogens is 2. The van der Waals surface area contributed by atoms with Crippen molar-refractivity contribution in [3.63, 3.8) is 0 Å². The molecule has 2 heterocycles. The van der Waals surface area contributed by atoms with E-state index >= 15 is 0 Å². The zero-order valence-electron chi connectivity index (χ0n) is 11.2. The first-order valence-electron chi connectivity index (χ1n) is 6.66. The second kappa shape index (κ2) is 6.96. The van der Waals surface area contributed by atoms with Crippen LogP contribution in [0.3, 0.4) is 0 Å². The van der Waals surface area contributed by atoms with Crippen LogP contribution in [0, 0.1) is 0 Å². The molecule has 2 aromatic rings. The number of hydrogen-bond acceptors (Lipinski definition) is 5. The Balaban J connectivity index is 1.69. The van der Waals surface area contributed by atoms with Crippen LogP contribution in [0.25, 0.3) is 0 Å². The van der Waals surface area contributed by atoms with Gasteiger partial charge in [-0.3, -0.25) is 0 Å². The Morgan fingerprint density at radius 2 is 2.10 bits per heavy atom. The second-order valence-electron chi connectivity index (χ2n) is 4.77. The predicted octanol–water partition coefficient (Wildman–Crippen LogP) is 3.62. The Hall–Kier alpha value is -0.820. The molecule has 1 aliphatic heterocycles. The van der Waals surface area contributed by atoms with Crippen molar-refractivity contribution in [1.82, 2.24) is 20.2 Å². The van der Waals surface area contributed by atoms with Crippen LogP contribution in [0.5, 0.6) is 0 Å². The fourth-order valence-electron chi connectivity index (χ4n) is 2.22. The van der Waals surface area contributed by atoms with E-state index < -0.39 is 0 Å². The van der Waals surface area contributed by atoms with Gasteiger partial charge in [0.1, 0.15) is 0 Å². The summed E-state index contributed by atoms with van der Waals surface area (Å²) >= 11 is 13.7. The van der Waals surface area contributed by atoms with Crippen molar-refractivity contribution in [3.05, 3.63) is 33.8 Å². The van der Waals surface area contributed by atoms with Crippen molar-refractivity contribution in [2.45, 2.75) is 29.8 Å². The van der Waals surface area contributed by atoms with Gasteiger partial charge in [0.15, 0.2) is 0 Å². The number of rotatable bonds is 4. The third-order valence-electron chi connectivity index (χ3n) is 3.37. The largest absolute Gasteiger partial charge is 0.381 e. The number of benzene rings is 1. The fraction of sp³-hybridized carbons (Fsp3) is 0.462. The highest BCUT2D eigenvalue weighted by Gasteiger charge is 2.20. The summed E-state index contributed by atoms with van der Waals surface area (Å²) in [4.78, 5) is 0. The Labute approximate surface area is 136 Å². The maximum Gasteiger partial charge on any atom is 0.209 e. The molecule has 1 saturated heterocycles. The molecule has 112 valence electrons. The minimum absolute atomic E-state index is 0.317. The molecule has 0 saturated carbocycles. The molecule has 5 nitrogen and oxygen atoms in total. The van der Waals surface area contributed by atoms with E-state index in [1.165, 1.54) is 0 Å². The number of aromatic nitrogens is 4. The summed E-state index contributed by atoms with van der Waals surface area (Å²) < 4.78 is 7.27. The van der Waals surface area contributed by atoms with Gasteiger partial charge in [0.05, 0.1) is 6.04 Å². The van der Waals surface area contributed by atoms with E-state index in [9.17, 15) is 0 Å². The molecule has 0 atom stereocenters. The Bertz CT molecular complexity index is 616. The third-order valence-corrected chi connectivity index (χ3v) is 4.94. The molecule has 0 bridgehead atoms. The maximum atomic E-state index is 6.19. The van der Waals surface area contributed by atoms with Crippen molar-refractivity contribution in [2.24, 2.45) is 0 Å². The molecule has 0 N–H and O–H groups in total. The molecular formula is C13H14Cl2N4OS. The van der Waals surface area contributed by atoms with E-state index in [0.29, 0.717) is 21.8 Å². The Morgan fingerprint density at radius 1 is 1.29 bits per heavy atom. The van der Waals surface area contributed by atoms with Crippen LogP contribution in [0.4, 0.5) is 0 Å². The minimum Gasteiger partial charge on any atom is -0.381 e. The van der Waals surface area contributed by atoms with Gasteiger partial charge in [-0.1, -0.05) is 41.0 Å². The Morgan fingerprint density at radius 3 is 2.86 bits per heavy atom. The molecule has 3 rings (SSSR count). The first kappa shape index (κ1) is 15.1. The van der Waals surface area contributed by atoms with Crippen LogP contribution < -0.4 is 0 Å². The summed E-state index contributed by atoms with van der Waals surface area (Å²) in [6.07, 6.45) is 1.89. The predicted molar refractivity (Wildman–Crippen MR) is 82.9 cm³/mol. The molecule has 0 spiro atoms. The van der Waals surface area contributed by atoms with Gasteiger partial charge in [-0.05, 0) is 41.0 Å². The monoisotopic (exact) mass is 344 g/mol. The van der Waals surface area contributed by atoms with Crippen molar-refractivity contribution in [3.8, 4) is 0 Å². The smallest absolute Gasteiger partial charge is 0.209 e. The summed E-state index contributed by atoms with van der Waals surface area (Å²) in [7, 11) is 0. The zero-order chi connectivity index (χ0) is 14.7. The van der Waals surface area contributed by atoms with Crippen molar-refractivity contribution < 1.29 is 4.74 Å². The highest BCUT2D eigenvalue weighted by atomic mass is 35.5. The van der Waals surface area contributed by atoms with Crippen LogP contribution in [0.1, 0.15) is 24.4 Å². The molecule has 0 aliphatic carbocycles. The van der Waals surface area contributed by atoms with Gasteiger partial charge in [0.25, 0.3) is 0 Å². The van der Waals surface area contributed by atoms with E-state index in [2.05, 4.69) is 15.5 Å². The number of hydrogen-bond donors (Lipinski definition) is 0. The van der Waals surface area contributed by atoms with Crippen molar-refractivity contribution in [2.75, 3.05) is 13.2 Å². The maximum absolute atomic E-state index is 6.19. The molecule has 0 amide bonds. The van der Waals surface area contributed by atoms with Gasteiger partial charge < -0.3 is 4.74 Å². The van der Waals surface area contributed by atoms with E-state index in [0.717, 1.165) is 36.8 Å². The number of tetrazole rings is 1. The average molecular weight is 345 g/mol. The lowest BCUT2D eigenvalue weighted by Crippen LogP contribution is -2.21. The van der Waals surface area contributed by atoms with Gasteiger partial charge in [-0.15, -0.1) is 5.10 Å². The molecule has 1 aromatic carbocycles. The van der Waals surface area contributed by atoms with Gasteiger partial charge in [-0.25, -0.2) is 4.68 Å². The lowest BCUT2D eigenvalue weighted by molar-refractivity contribution is 0.0631. The lowest BCUT2D eigenvalue weighted by Gasteiger charge is -2.22. The van der Waals surface area contributed by atoms with E-state index in [1.54, 1.807) is 17.8 Å². The summed E-state index contributed by atoms with van der Waals surface area (Å²) in [5.74, 6) is 0.708. The van der Waals surface area contributed by atoms with Crippen LogP contribution in [0.2, 0.25) is 10.0 Å². The van der Waals surface area contributed by atoms with Crippen molar-refractivity contribution in [1.29, 1.82) is 0 Å². The van der Waals surface area contributed by atoms with Gasteiger partial charge in [0, 0.05) is 29.0 Å². The molecule has 1 fully saturated rings. The highest BCUT2D eigenvalue weighted by Crippen LogP contribution is 2.30. The summed E-state index contributed by atoms with van der Waals surface area (Å²) in [6, 6.07) is 5.84. The standard InChI is InChI=1S/C13H14Cl2N4OS/c14-10-2-1-9(12(15)7-10)8-21-13-16-17-18-19(13)11-3-5-20-6-4-11/h1-2,7,11H,3-6,8H2. The van der Waals surface area contributed by atoms with Crippen LogP contribution >= 0.6 is 35.0 Å². The molecule has 1 aliphatic rings. The number of ether oxygens (including phenoxy) is 1. The molecule has 0 radical (unpaired) electrons. The number of thioether (sulfide) groups is 1. The van der Waals surface area contributed by atoms with Crippen LogP contribution in [-0.2, 0) is 10.5 Å². The van der Waals surface area contributed by atoms with Gasteiger partial charge in [-0.2, -0.15) is 0 Å². The SMILES string of the molecule is Clc1ccc(CSc2nnnn2C2CCOCC2)c(Cl)c1. The minimum atomic E-state index is 0.317. The summed E-state index contributed by atoms with van der Waals surface area (Å²) in [5, 5.41) is 14.1. The summed E-state index contributed by atoms with van der Waals surface area (Å²) in [5.41, 5.74) is 1.02. The molecule has 8 heteroatoms. The van der Waals surface area contributed by atoms with Crippen molar-refractivity contribution >= 4 is 35.0 Å². The van der Waals surface area contributed by atoms with Crippen LogP contribution in [-0.4, -0.2) is 33.4 Å². The molecule has 21 heavy (non-hydrogen) atoms. The van der Waals surface area contributed by atoms with E-state index in [-0.39, 0.29) is 0 Å². The molecular weight excluding hydrogens is 331 g/mol. The quantitative estimate of drug-likeness (QED) is 0.792. The highest BCUT2D eigenvalue weighted by molar-refractivity contribution is 7.98. The molecule has 1 aromatic heterocycles. The number of nitrogens with zero attached hydrogens (tertiary/aromatic N) is 4. The normalized spacial score (nSPS) is 16.3. The summed E-state index contributed by atoms with van der Waals surface area (Å²) in [6.45, 7) is 1.52. The first-order chi connectivity index (χ1) is 10.2. The average Bonchev–Trinajstić information content (AvgIpc) is 2.96. The lowest BCUT2D eigenvalue weighted by atomic mass is 10.1.